The van der Waals surface area contributed by atoms with Crippen molar-refractivity contribution < 1.29 is 4.79 Å². The second-order valence-corrected chi connectivity index (χ2v) is 5.31. The van der Waals surface area contributed by atoms with Crippen molar-refractivity contribution in [2.24, 2.45) is 7.05 Å². The number of carbonyl (C=O) groups excluding carboxylic acids is 1. The van der Waals surface area contributed by atoms with E-state index in [4.69, 9.17) is 0 Å². The zero-order valence-corrected chi connectivity index (χ0v) is 12.9. The van der Waals surface area contributed by atoms with Gasteiger partial charge in [-0.05, 0) is 41.2 Å². The Morgan fingerprint density at radius 1 is 1.37 bits per heavy atom. The summed E-state index contributed by atoms with van der Waals surface area (Å²) in [6.45, 7) is 5.83. The third-order valence-corrected chi connectivity index (χ3v) is 3.46. The minimum absolute atomic E-state index is 0.161. The molecular formula is C14H14IN3O. The summed E-state index contributed by atoms with van der Waals surface area (Å²) in [5, 5.41) is 7.06. The fourth-order valence-corrected chi connectivity index (χ4v) is 2.49. The Hall–Kier alpha value is -1.63. The Balaban J connectivity index is 2.29. The van der Waals surface area contributed by atoms with Gasteiger partial charge in [-0.2, -0.15) is 5.10 Å². The van der Waals surface area contributed by atoms with Gasteiger partial charge in [0.05, 0.1) is 5.56 Å². The molecule has 98 valence electrons. The standard InChI is InChI=1S/C14H14IN3O/c1-9(2)10-6-4-5-7-12(10)16-14(19)11-8-18(3)17-13(11)15/h4-8H,1H2,2-3H3,(H,16,19). The molecule has 1 aromatic carbocycles. The predicted octanol–water partition coefficient (Wildman–Crippen LogP) is 3.31. The molecule has 5 heteroatoms. The zero-order valence-electron chi connectivity index (χ0n) is 10.8. The highest BCUT2D eigenvalue weighted by molar-refractivity contribution is 14.1. The molecule has 0 spiro atoms. The summed E-state index contributed by atoms with van der Waals surface area (Å²) in [6, 6.07) is 7.61. The highest BCUT2D eigenvalue weighted by Crippen LogP contribution is 2.23. The van der Waals surface area contributed by atoms with Crippen molar-refractivity contribution in [3.05, 3.63) is 51.9 Å². The SMILES string of the molecule is C=C(C)c1ccccc1NC(=O)c1cn(C)nc1I. The van der Waals surface area contributed by atoms with E-state index >= 15 is 0 Å². The van der Waals surface area contributed by atoms with Crippen molar-refractivity contribution in [1.29, 1.82) is 0 Å². The molecule has 0 bridgehead atoms. The van der Waals surface area contributed by atoms with E-state index in [9.17, 15) is 4.79 Å². The molecule has 0 atom stereocenters. The van der Waals surface area contributed by atoms with Crippen LogP contribution >= 0.6 is 22.6 Å². The molecule has 1 N–H and O–H groups in total. The molecule has 4 nitrogen and oxygen atoms in total. The monoisotopic (exact) mass is 367 g/mol. The van der Waals surface area contributed by atoms with Gasteiger partial charge in [0.2, 0.25) is 0 Å². The quantitative estimate of drug-likeness (QED) is 0.847. The Kier molecular flexibility index (Phi) is 4.04. The molecule has 0 aliphatic carbocycles. The third-order valence-electron chi connectivity index (χ3n) is 2.66. The summed E-state index contributed by atoms with van der Waals surface area (Å²) in [4.78, 5) is 12.2. The second-order valence-electron chi connectivity index (χ2n) is 4.29. The minimum atomic E-state index is -0.161. The number of nitrogens with one attached hydrogen (secondary N) is 1. The van der Waals surface area contributed by atoms with Crippen LogP contribution in [0.15, 0.2) is 37.0 Å². The van der Waals surface area contributed by atoms with E-state index in [1.165, 1.54) is 0 Å². The maximum Gasteiger partial charge on any atom is 0.259 e. The maximum atomic E-state index is 12.2. The van der Waals surface area contributed by atoms with Gasteiger partial charge in [-0.25, -0.2) is 0 Å². The van der Waals surface area contributed by atoms with Gasteiger partial charge >= 0.3 is 0 Å². The van der Waals surface area contributed by atoms with Crippen molar-refractivity contribution in [2.75, 3.05) is 5.32 Å². The van der Waals surface area contributed by atoms with Crippen LogP contribution in [0.5, 0.6) is 0 Å². The van der Waals surface area contributed by atoms with Gasteiger partial charge < -0.3 is 5.32 Å². The number of benzene rings is 1. The Morgan fingerprint density at radius 3 is 2.63 bits per heavy atom. The lowest BCUT2D eigenvalue weighted by Gasteiger charge is -2.10. The molecule has 2 rings (SSSR count). The molecule has 0 fully saturated rings. The number of amides is 1. The molecule has 2 aromatic rings. The number of aryl methyl sites for hydroxylation is 1. The summed E-state index contributed by atoms with van der Waals surface area (Å²) in [5.74, 6) is -0.161. The first kappa shape index (κ1) is 13.8. The van der Waals surface area contributed by atoms with Crippen LogP contribution in [0.3, 0.4) is 0 Å². The average Bonchev–Trinajstić information content (AvgIpc) is 2.69. The Morgan fingerprint density at radius 2 is 2.05 bits per heavy atom. The molecular weight excluding hydrogens is 353 g/mol. The molecule has 19 heavy (non-hydrogen) atoms. The van der Waals surface area contributed by atoms with Gasteiger partial charge in [-0.15, -0.1) is 0 Å². The van der Waals surface area contributed by atoms with E-state index in [1.807, 2.05) is 31.2 Å². The van der Waals surface area contributed by atoms with Gasteiger partial charge in [-0.1, -0.05) is 24.8 Å². The number of anilines is 1. The van der Waals surface area contributed by atoms with Gasteiger partial charge in [0.25, 0.3) is 5.91 Å². The molecule has 0 aliphatic heterocycles. The predicted molar refractivity (Wildman–Crippen MR) is 85.0 cm³/mol. The van der Waals surface area contributed by atoms with Gasteiger partial charge in [0.1, 0.15) is 3.70 Å². The number of aromatic nitrogens is 2. The van der Waals surface area contributed by atoms with Gasteiger partial charge in [0.15, 0.2) is 0 Å². The fourth-order valence-electron chi connectivity index (χ4n) is 1.77. The summed E-state index contributed by atoms with van der Waals surface area (Å²) in [6.07, 6.45) is 1.71. The van der Waals surface area contributed by atoms with Crippen LogP contribution in [0.4, 0.5) is 5.69 Å². The van der Waals surface area contributed by atoms with Crippen molar-refractivity contribution in [3.8, 4) is 0 Å². The van der Waals surface area contributed by atoms with E-state index in [1.54, 1.807) is 17.9 Å². The van der Waals surface area contributed by atoms with Crippen LogP contribution in [-0.4, -0.2) is 15.7 Å². The number of para-hydroxylation sites is 1. The first-order valence-electron chi connectivity index (χ1n) is 5.74. The average molecular weight is 367 g/mol. The van der Waals surface area contributed by atoms with Crippen LogP contribution in [0.2, 0.25) is 0 Å². The summed E-state index contributed by atoms with van der Waals surface area (Å²) >= 11 is 2.05. The molecule has 0 radical (unpaired) electrons. The first-order valence-corrected chi connectivity index (χ1v) is 6.82. The number of rotatable bonds is 3. The summed E-state index contributed by atoms with van der Waals surface area (Å²) in [5.41, 5.74) is 3.19. The smallest absolute Gasteiger partial charge is 0.259 e. The third kappa shape index (κ3) is 3.04. The fraction of sp³-hybridized carbons (Fsp3) is 0.143. The van der Waals surface area contributed by atoms with E-state index in [-0.39, 0.29) is 5.91 Å². The van der Waals surface area contributed by atoms with Crippen LogP contribution in [0.25, 0.3) is 5.57 Å². The number of carbonyl (C=O) groups is 1. The van der Waals surface area contributed by atoms with Gasteiger partial charge in [-0.3, -0.25) is 9.48 Å². The normalized spacial score (nSPS) is 10.3. The molecule has 0 saturated carbocycles. The lowest BCUT2D eigenvalue weighted by Crippen LogP contribution is -2.13. The highest BCUT2D eigenvalue weighted by Gasteiger charge is 2.15. The first-order chi connectivity index (χ1) is 8.99. The number of hydrogen-bond acceptors (Lipinski definition) is 2. The Bertz CT molecular complexity index is 646. The number of allylic oxidation sites excluding steroid dienone is 1. The second kappa shape index (κ2) is 5.56. The van der Waals surface area contributed by atoms with E-state index in [0.717, 1.165) is 16.8 Å². The molecule has 1 aromatic heterocycles. The van der Waals surface area contributed by atoms with Gasteiger partial charge in [0, 0.05) is 24.5 Å². The maximum absolute atomic E-state index is 12.2. The summed E-state index contributed by atoms with van der Waals surface area (Å²) < 4.78 is 2.31. The van der Waals surface area contributed by atoms with Crippen molar-refractivity contribution in [1.82, 2.24) is 9.78 Å². The van der Waals surface area contributed by atoms with Crippen LogP contribution in [0, 0.1) is 3.70 Å². The van der Waals surface area contributed by atoms with Crippen LogP contribution in [-0.2, 0) is 7.05 Å². The molecule has 1 heterocycles. The summed E-state index contributed by atoms with van der Waals surface area (Å²) in [7, 11) is 1.79. The van der Waals surface area contributed by atoms with E-state index < -0.39 is 0 Å². The van der Waals surface area contributed by atoms with Crippen molar-refractivity contribution in [3.63, 3.8) is 0 Å². The topological polar surface area (TPSA) is 46.9 Å². The van der Waals surface area contributed by atoms with Crippen LogP contribution < -0.4 is 5.32 Å². The molecule has 0 saturated heterocycles. The highest BCUT2D eigenvalue weighted by atomic mass is 127. The number of hydrogen-bond donors (Lipinski definition) is 1. The zero-order chi connectivity index (χ0) is 14.0. The van der Waals surface area contributed by atoms with E-state index in [0.29, 0.717) is 9.26 Å². The van der Waals surface area contributed by atoms with Crippen LogP contribution in [0.1, 0.15) is 22.8 Å². The molecule has 0 unspecified atom stereocenters. The number of halogens is 1. The van der Waals surface area contributed by atoms with Crippen molar-refractivity contribution in [2.45, 2.75) is 6.92 Å². The van der Waals surface area contributed by atoms with E-state index in [2.05, 4.69) is 39.6 Å². The largest absolute Gasteiger partial charge is 0.321 e. The lowest BCUT2D eigenvalue weighted by atomic mass is 10.1. The Labute approximate surface area is 125 Å². The van der Waals surface area contributed by atoms with Crippen molar-refractivity contribution >= 4 is 39.8 Å². The number of nitrogens with zero attached hydrogens (tertiary/aromatic N) is 2. The lowest BCUT2D eigenvalue weighted by molar-refractivity contribution is 0.102. The molecule has 0 aliphatic rings. The molecule has 1 amide bonds. The minimum Gasteiger partial charge on any atom is -0.321 e.